The summed E-state index contributed by atoms with van der Waals surface area (Å²) in [6, 6.07) is 9.77. The van der Waals surface area contributed by atoms with Crippen LogP contribution in [0, 0.1) is 0 Å². The molecule has 3 aromatic rings. The van der Waals surface area contributed by atoms with E-state index in [1.54, 1.807) is 36.4 Å². The molecule has 0 saturated carbocycles. The van der Waals surface area contributed by atoms with Crippen molar-refractivity contribution in [3.63, 3.8) is 0 Å². The Kier molecular flexibility index (Phi) is 7.14. The van der Waals surface area contributed by atoms with Crippen molar-refractivity contribution in [3.8, 4) is 11.5 Å². The van der Waals surface area contributed by atoms with Gasteiger partial charge in [-0.25, -0.2) is 8.42 Å². The number of carbonyl (C=O) groups excluding carboxylic acids is 1. The molecular weight excluding hydrogens is 440 g/mol. The zero-order valence-electron chi connectivity index (χ0n) is 17.7. The van der Waals surface area contributed by atoms with E-state index in [1.165, 1.54) is 25.6 Å². The average Bonchev–Trinajstić information content (AvgIpc) is 3.09. The second-order valence-corrected chi connectivity index (χ2v) is 9.64. The Hall–Kier alpha value is -2.69. The minimum atomic E-state index is -3.35. The zero-order valence-corrected chi connectivity index (χ0v) is 19.4. The quantitative estimate of drug-likeness (QED) is 0.476. The highest BCUT2D eigenvalue weighted by Crippen LogP contribution is 2.26. The molecule has 0 aliphatic rings. The van der Waals surface area contributed by atoms with Gasteiger partial charge in [-0.15, -0.1) is 0 Å². The summed E-state index contributed by atoms with van der Waals surface area (Å²) in [5.74, 6) is 0.448. The lowest BCUT2D eigenvalue weighted by molar-refractivity contribution is 0.0993. The van der Waals surface area contributed by atoms with Gasteiger partial charge in [-0.3, -0.25) is 4.79 Å². The number of methoxy groups -OCH3 is 2. The molecule has 1 heterocycles. The fourth-order valence-corrected chi connectivity index (χ4v) is 4.82. The Bertz CT molecular complexity index is 1270. The van der Waals surface area contributed by atoms with E-state index in [0.717, 1.165) is 11.8 Å². The molecule has 0 bridgehead atoms. The molecule has 31 heavy (non-hydrogen) atoms. The molecule has 3 rings (SSSR count). The smallest absolute Gasteiger partial charge is 0.283 e. The number of nitrogens with zero attached hydrogens (tertiary/aromatic N) is 2. The number of amides is 1. The molecule has 1 aromatic heterocycles. The van der Waals surface area contributed by atoms with Crippen molar-refractivity contribution in [3.05, 3.63) is 46.8 Å². The van der Waals surface area contributed by atoms with Crippen LogP contribution in [0.25, 0.3) is 10.2 Å². The maximum absolute atomic E-state index is 13.0. The van der Waals surface area contributed by atoms with Crippen LogP contribution in [0.5, 0.6) is 11.5 Å². The molecule has 0 aliphatic carbocycles. The van der Waals surface area contributed by atoms with Crippen LogP contribution in [0.2, 0.25) is 0 Å². The van der Waals surface area contributed by atoms with Crippen LogP contribution in [-0.4, -0.2) is 52.6 Å². The summed E-state index contributed by atoms with van der Waals surface area (Å²) >= 11 is 1.25. The molecule has 0 N–H and O–H groups in total. The van der Waals surface area contributed by atoms with Gasteiger partial charge in [-0.05, 0) is 37.3 Å². The first-order valence-electron chi connectivity index (χ1n) is 9.50. The normalized spacial score (nSPS) is 12.3. The SMILES string of the molecule is CCOCCn1c(=NC(=O)c2ccc(OC)cc2OC)sc2cc(S(C)(=O)=O)ccc21. The number of aromatic nitrogens is 1. The summed E-state index contributed by atoms with van der Waals surface area (Å²) in [5.41, 5.74) is 1.08. The lowest BCUT2D eigenvalue weighted by atomic mass is 10.2. The van der Waals surface area contributed by atoms with Gasteiger partial charge >= 0.3 is 0 Å². The summed E-state index contributed by atoms with van der Waals surface area (Å²) in [6.45, 7) is 3.37. The summed E-state index contributed by atoms with van der Waals surface area (Å²) in [4.78, 5) is 17.9. The molecule has 0 atom stereocenters. The van der Waals surface area contributed by atoms with Gasteiger partial charge in [0, 0.05) is 25.5 Å². The zero-order chi connectivity index (χ0) is 22.6. The summed E-state index contributed by atoms with van der Waals surface area (Å²) in [6.07, 6.45) is 1.16. The Labute approximate surface area is 184 Å². The highest BCUT2D eigenvalue weighted by atomic mass is 32.2. The Balaban J connectivity index is 2.13. The summed E-state index contributed by atoms with van der Waals surface area (Å²) in [5, 5.41) is 0. The van der Waals surface area contributed by atoms with Crippen molar-refractivity contribution in [1.82, 2.24) is 4.57 Å². The monoisotopic (exact) mass is 464 g/mol. The molecule has 10 heteroatoms. The number of rotatable bonds is 8. The fraction of sp³-hybridized carbons (Fsp3) is 0.333. The molecule has 8 nitrogen and oxygen atoms in total. The standard InChI is InChI=1S/C21H24N2O6S2/c1-5-29-11-10-23-17-9-7-15(31(4,25)26)13-19(17)30-21(23)22-20(24)16-8-6-14(27-2)12-18(16)28-3/h6-9,12-13H,5,10-11H2,1-4H3. The Morgan fingerprint density at radius 2 is 1.90 bits per heavy atom. The highest BCUT2D eigenvalue weighted by molar-refractivity contribution is 7.90. The number of ether oxygens (including phenoxy) is 3. The first-order chi connectivity index (χ1) is 14.8. The van der Waals surface area contributed by atoms with E-state index in [-0.39, 0.29) is 4.90 Å². The van der Waals surface area contributed by atoms with E-state index < -0.39 is 15.7 Å². The Morgan fingerprint density at radius 1 is 1.13 bits per heavy atom. The summed E-state index contributed by atoms with van der Waals surface area (Å²) < 4.78 is 42.4. The molecule has 1 amide bonds. The van der Waals surface area contributed by atoms with Crippen LogP contribution < -0.4 is 14.3 Å². The maximum atomic E-state index is 13.0. The second kappa shape index (κ2) is 9.63. The van der Waals surface area contributed by atoms with Crippen LogP contribution in [0.4, 0.5) is 0 Å². The predicted molar refractivity (Wildman–Crippen MR) is 119 cm³/mol. The molecule has 0 spiro atoms. The molecule has 2 aromatic carbocycles. The first-order valence-corrected chi connectivity index (χ1v) is 12.2. The molecule has 0 aliphatic heterocycles. The molecule has 0 unspecified atom stereocenters. The third-order valence-corrected chi connectivity index (χ3v) is 6.73. The lowest BCUT2D eigenvalue weighted by Crippen LogP contribution is -2.20. The minimum Gasteiger partial charge on any atom is -0.497 e. The van der Waals surface area contributed by atoms with Gasteiger partial charge in [0.1, 0.15) is 11.5 Å². The number of carbonyl (C=O) groups is 1. The van der Waals surface area contributed by atoms with Crippen LogP contribution in [0.15, 0.2) is 46.3 Å². The number of benzene rings is 2. The maximum Gasteiger partial charge on any atom is 0.283 e. The van der Waals surface area contributed by atoms with E-state index in [0.29, 0.717) is 46.3 Å². The van der Waals surface area contributed by atoms with Gasteiger partial charge in [0.2, 0.25) is 0 Å². The largest absolute Gasteiger partial charge is 0.497 e. The minimum absolute atomic E-state index is 0.216. The van der Waals surface area contributed by atoms with E-state index >= 15 is 0 Å². The first kappa shape index (κ1) is 23.0. The van der Waals surface area contributed by atoms with Gasteiger partial charge in [0.05, 0.1) is 41.5 Å². The highest BCUT2D eigenvalue weighted by Gasteiger charge is 2.16. The van der Waals surface area contributed by atoms with Gasteiger partial charge in [-0.1, -0.05) is 11.3 Å². The van der Waals surface area contributed by atoms with Crippen molar-refractivity contribution in [2.24, 2.45) is 4.99 Å². The fourth-order valence-electron chi connectivity index (χ4n) is 3.01. The van der Waals surface area contributed by atoms with Crippen LogP contribution >= 0.6 is 11.3 Å². The number of thiazole rings is 1. The molecule has 166 valence electrons. The van der Waals surface area contributed by atoms with E-state index in [9.17, 15) is 13.2 Å². The van der Waals surface area contributed by atoms with Crippen molar-refractivity contribution in [2.45, 2.75) is 18.4 Å². The second-order valence-electron chi connectivity index (χ2n) is 6.62. The van der Waals surface area contributed by atoms with Crippen molar-refractivity contribution < 1.29 is 27.4 Å². The van der Waals surface area contributed by atoms with E-state index in [1.807, 2.05) is 11.5 Å². The Morgan fingerprint density at radius 3 is 2.55 bits per heavy atom. The van der Waals surface area contributed by atoms with Crippen molar-refractivity contribution in [2.75, 3.05) is 33.7 Å². The van der Waals surface area contributed by atoms with Crippen LogP contribution in [-0.2, 0) is 21.1 Å². The van der Waals surface area contributed by atoms with Gasteiger partial charge < -0.3 is 18.8 Å². The number of sulfone groups is 1. The topological polar surface area (TPSA) is 96.2 Å². The van der Waals surface area contributed by atoms with Crippen molar-refractivity contribution in [1.29, 1.82) is 0 Å². The molecule has 0 radical (unpaired) electrons. The van der Waals surface area contributed by atoms with Gasteiger partial charge in [0.15, 0.2) is 14.6 Å². The summed E-state index contributed by atoms with van der Waals surface area (Å²) in [7, 11) is -0.350. The van der Waals surface area contributed by atoms with Crippen LogP contribution in [0.3, 0.4) is 0 Å². The number of fused-ring (bicyclic) bond motifs is 1. The molecular formula is C21H24N2O6S2. The van der Waals surface area contributed by atoms with Crippen molar-refractivity contribution >= 4 is 37.3 Å². The van der Waals surface area contributed by atoms with E-state index in [4.69, 9.17) is 14.2 Å². The predicted octanol–water partition coefficient (Wildman–Crippen LogP) is 2.90. The molecule has 0 fully saturated rings. The number of hydrogen-bond acceptors (Lipinski definition) is 7. The third-order valence-electron chi connectivity index (χ3n) is 4.58. The van der Waals surface area contributed by atoms with Gasteiger partial charge in [-0.2, -0.15) is 4.99 Å². The average molecular weight is 465 g/mol. The van der Waals surface area contributed by atoms with E-state index in [2.05, 4.69) is 4.99 Å². The van der Waals surface area contributed by atoms with Crippen LogP contribution in [0.1, 0.15) is 17.3 Å². The van der Waals surface area contributed by atoms with Gasteiger partial charge in [0.25, 0.3) is 5.91 Å². The molecule has 0 saturated heterocycles. The third kappa shape index (κ3) is 5.15. The lowest BCUT2D eigenvalue weighted by Gasteiger charge is -2.08. The number of hydrogen-bond donors (Lipinski definition) is 0.